The average molecular weight is 291 g/mol. The van der Waals surface area contributed by atoms with Crippen molar-refractivity contribution < 1.29 is 9.59 Å². The van der Waals surface area contributed by atoms with Crippen molar-refractivity contribution >= 4 is 17.5 Å². The van der Waals surface area contributed by atoms with Gasteiger partial charge in [0.05, 0.1) is 11.3 Å². The summed E-state index contributed by atoms with van der Waals surface area (Å²) in [6.07, 6.45) is 0.988. The van der Waals surface area contributed by atoms with Gasteiger partial charge in [0.15, 0.2) is 0 Å². The Hall–Kier alpha value is -1.88. The second-order valence-electron chi connectivity index (χ2n) is 5.57. The predicted molar refractivity (Wildman–Crippen MR) is 85.1 cm³/mol. The number of anilines is 1. The second kappa shape index (κ2) is 8.42. The second-order valence-corrected chi connectivity index (χ2v) is 5.57. The molecule has 1 rings (SSSR count). The summed E-state index contributed by atoms with van der Waals surface area (Å²) < 4.78 is 0. The summed E-state index contributed by atoms with van der Waals surface area (Å²) >= 11 is 0. The van der Waals surface area contributed by atoms with Crippen LogP contribution in [0.25, 0.3) is 0 Å². The van der Waals surface area contributed by atoms with Crippen molar-refractivity contribution in [1.82, 2.24) is 5.32 Å². The van der Waals surface area contributed by atoms with Crippen LogP contribution in [0.4, 0.5) is 5.69 Å². The van der Waals surface area contributed by atoms with Crippen LogP contribution in [-0.2, 0) is 4.79 Å². The van der Waals surface area contributed by atoms with Crippen molar-refractivity contribution in [2.45, 2.75) is 39.7 Å². The van der Waals surface area contributed by atoms with Crippen LogP contribution >= 0.6 is 0 Å². The first kappa shape index (κ1) is 17.2. The van der Waals surface area contributed by atoms with Gasteiger partial charge in [0.25, 0.3) is 5.91 Å². The molecule has 5 heteroatoms. The first-order valence-electron chi connectivity index (χ1n) is 7.36. The molecule has 0 bridgehead atoms. The fourth-order valence-corrected chi connectivity index (χ4v) is 1.77. The van der Waals surface area contributed by atoms with Gasteiger partial charge in [0, 0.05) is 19.0 Å². The van der Waals surface area contributed by atoms with E-state index in [0.717, 1.165) is 6.42 Å². The maximum Gasteiger partial charge on any atom is 0.253 e. The van der Waals surface area contributed by atoms with Gasteiger partial charge in [-0.3, -0.25) is 9.59 Å². The Bertz CT molecular complexity index is 486. The van der Waals surface area contributed by atoms with Crippen molar-refractivity contribution in [2.75, 3.05) is 11.9 Å². The van der Waals surface area contributed by atoms with Gasteiger partial charge in [0.1, 0.15) is 0 Å². The van der Waals surface area contributed by atoms with Gasteiger partial charge in [-0.15, -0.1) is 0 Å². The van der Waals surface area contributed by atoms with Crippen molar-refractivity contribution in [3.63, 3.8) is 0 Å². The number of rotatable bonds is 7. The Kier molecular flexibility index (Phi) is 6.88. The van der Waals surface area contributed by atoms with Gasteiger partial charge in [0.2, 0.25) is 5.91 Å². The normalized spacial score (nSPS) is 12.0. The van der Waals surface area contributed by atoms with E-state index in [1.807, 2.05) is 20.8 Å². The smallest absolute Gasteiger partial charge is 0.253 e. The minimum absolute atomic E-state index is 0.160. The molecule has 0 aliphatic carbocycles. The van der Waals surface area contributed by atoms with Crippen LogP contribution in [0.2, 0.25) is 0 Å². The van der Waals surface area contributed by atoms with E-state index in [2.05, 4.69) is 10.6 Å². The van der Waals surface area contributed by atoms with Crippen molar-refractivity contribution in [1.29, 1.82) is 0 Å². The standard InChI is InChI=1S/C16H25N3O2/c1-4-12(17)9-15(20)19-14-8-6-5-7-13(14)16(21)18-10-11(2)3/h5-8,11-12H,4,9-10,17H2,1-3H3,(H,18,21)(H,19,20). The van der Waals surface area contributed by atoms with Crippen LogP contribution in [0.3, 0.4) is 0 Å². The molecule has 2 amide bonds. The molecule has 1 aromatic rings. The molecule has 1 unspecified atom stereocenters. The number of hydrogen-bond acceptors (Lipinski definition) is 3. The molecule has 0 saturated heterocycles. The maximum atomic E-state index is 12.1. The Morgan fingerprint density at radius 2 is 1.90 bits per heavy atom. The number of hydrogen-bond donors (Lipinski definition) is 3. The zero-order valence-electron chi connectivity index (χ0n) is 13.0. The van der Waals surface area contributed by atoms with E-state index in [4.69, 9.17) is 5.73 Å². The average Bonchev–Trinajstić information content (AvgIpc) is 2.45. The molecule has 116 valence electrons. The first-order chi connectivity index (χ1) is 9.93. The molecule has 21 heavy (non-hydrogen) atoms. The largest absolute Gasteiger partial charge is 0.352 e. The molecule has 0 saturated carbocycles. The van der Waals surface area contributed by atoms with Gasteiger partial charge in [-0.2, -0.15) is 0 Å². The lowest BCUT2D eigenvalue weighted by molar-refractivity contribution is -0.116. The SMILES string of the molecule is CCC(N)CC(=O)Nc1ccccc1C(=O)NCC(C)C. The number of nitrogens with two attached hydrogens (primary N) is 1. The molecule has 1 atom stereocenters. The molecule has 0 spiro atoms. The highest BCUT2D eigenvalue weighted by atomic mass is 16.2. The zero-order valence-corrected chi connectivity index (χ0v) is 13.0. The molecule has 0 aliphatic rings. The lowest BCUT2D eigenvalue weighted by atomic mass is 10.1. The maximum absolute atomic E-state index is 12.1. The molecule has 1 aromatic carbocycles. The number of nitrogens with one attached hydrogen (secondary N) is 2. The highest BCUT2D eigenvalue weighted by molar-refractivity contribution is 6.03. The van der Waals surface area contributed by atoms with E-state index >= 15 is 0 Å². The number of carbonyl (C=O) groups excluding carboxylic acids is 2. The Balaban J connectivity index is 2.75. The van der Waals surface area contributed by atoms with Crippen LogP contribution < -0.4 is 16.4 Å². The first-order valence-corrected chi connectivity index (χ1v) is 7.36. The van der Waals surface area contributed by atoms with Crippen molar-refractivity contribution in [3.8, 4) is 0 Å². The van der Waals surface area contributed by atoms with E-state index < -0.39 is 0 Å². The summed E-state index contributed by atoms with van der Waals surface area (Å²) in [5.74, 6) is 0.0195. The third-order valence-corrected chi connectivity index (χ3v) is 3.09. The van der Waals surface area contributed by atoms with E-state index in [-0.39, 0.29) is 24.3 Å². The fourth-order valence-electron chi connectivity index (χ4n) is 1.77. The number of amides is 2. The summed E-state index contributed by atoms with van der Waals surface area (Å²) in [5, 5.41) is 5.61. The third-order valence-electron chi connectivity index (χ3n) is 3.09. The summed E-state index contributed by atoms with van der Waals surface area (Å²) in [4.78, 5) is 24.0. The summed E-state index contributed by atoms with van der Waals surface area (Å²) in [5.41, 5.74) is 6.76. The summed E-state index contributed by atoms with van der Waals surface area (Å²) in [6, 6.07) is 6.82. The fraction of sp³-hybridized carbons (Fsp3) is 0.500. The van der Waals surface area contributed by atoms with Gasteiger partial charge in [-0.25, -0.2) is 0 Å². The monoisotopic (exact) mass is 291 g/mol. The third kappa shape index (κ3) is 5.95. The van der Waals surface area contributed by atoms with Crippen LogP contribution in [0.15, 0.2) is 24.3 Å². The van der Waals surface area contributed by atoms with Gasteiger partial charge in [-0.1, -0.05) is 32.9 Å². The number of para-hydroxylation sites is 1. The van der Waals surface area contributed by atoms with Gasteiger partial charge < -0.3 is 16.4 Å². The van der Waals surface area contributed by atoms with Crippen LogP contribution in [-0.4, -0.2) is 24.4 Å². The summed E-state index contributed by atoms with van der Waals surface area (Å²) in [6.45, 7) is 6.59. The van der Waals surface area contributed by atoms with E-state index in [1.54, 1.807) is 24.3 Å². The minimum atomic E-state index is -0.181. The Labute approximate surface area is 126 Å². The lowest BCUT2D eigenvalue weighted by Gasteiger charge is -2.13. The van der Waals surface area contributed by atoms with Gasteiger partial charge in [-0.05, 0) is 24.5 Å². The molecule has 0 fully saturated rings. The molecule has 0 aliphatic heterocycles. The van der Waals surface area contributed by atoms with Crippen LogP contribution in [0.5, 0.6) is 0 Å². The highest BCUT2D eigenvalue weighted by Crippen LogP contribution is 2.15. The molecular weight excluding hydrogens is 266 g/mol. The molecule has 0 radical (unpaired) electrons. The predicted octanol–water partition coefficient (Wildman–Crippen LogP) is 2.14. The summed E-state index contributed by atoms with van der Waals surface area (Å²) in [7, 11) is 0. The minimum Gasteiger partial charge on any atom is -0.352 e. The molecule has 5 nitrogen and oxygen atoms in total. The lowest BCUT2D eigenvalue weighted by Crippen LogP contribution is -2.29. The van der Waals surface area contributed by atoms with Crippen molar-refractivity contribution in [2.24, 2.45) is 11.7 Å². The molecular formula is C16H25N3O2. The molecule has 4 N–H and O–H groups in total. The number of carbonyl (C=O) groups is 2. The quantitative estimate of drug-likeness (QED) is 0.719. The van der Waals surface area contributed by atoms with Crippen molar-refractivity contribution in [3.05, 3.63) is 29.8 Å². The van der Waals surface area contributed by atoms with E-state index in [1.165, 1.54) is 0 Å². The van der Waals surface area contributed by atoms with E-state index in [0.29, 0.717) is 23.7 Å². The molecule has 0 heterocycles. The highest BCUT2D eigenvalue weighted by Gasteiger charge is 2.14. The molecule has 0 aromatic heterocycles. The Morgan fingerprint density at radius 1 is 1.24 bits per heavy atom. The topological polar surface area (TPSA) is 84.2 Å². The number of benzene rings is 1. The van der Waals surface area contributed by atoms with Crippen LogP contribution in [0, 0.1) is 5.92 Å². The van der Waals surface area contributed by atoms with Gasteiger partial charge >= 0.3 is 0 Å². The van der Waals surface area contributed by atoms with E-state index in [9.17, 15) is 9.59 Å². The van der Waals surface area contributed by atoms with Crippen LogP contribution in [0.1, 0.15) is 44.0 Å². The Morgan fingerprint density at radius 3 is 2.52 bits per heavy atom. The zero-order chi connectivity index (χ0) is 15.8.